The molecule has 10 heteroatoms. The van der Waals surface area contributed by atoms with Crippen molar-refractivity contribution >= 4 is 34.3 Å². The quantitative estimate of drug-likeness (QED) is 0.372. The molecule has 154 valence electrons. The van der Waals surface area contributed by atoms with E-state index in [1.807, 2.05) is 13.8 Å². The number of nitro benzene ring substituents is 1. The average molecular weight is 410 g/mol. The predicted molar refractivity (Wildman–Crippen MR) is 108 cm³/mol. The number of nitrogens with zero attached hydrogens (tertiary/aromatic N) is 3. The van der Waals surface area contributed by atoms with Crippen molar-refractivity contribution in [2.45, 2.75) is 13.8 Å². The number of rotatable bonds is 6. The topological polar surface area (TPSA) is 134 Å². The minimum atomic E-state index is -0.710. The van der Waals surface area contributed by atoms with Gasteiger partial charge in [0.1, 0.15) is 5.75 Å². The van der Waals surface area contributed by atoms with Crippen molar-refractivity contribution in [1.82, 2.24) is 9.97 Å². The van der Waals surface area contributed by atoms with Crippen LogP contribution in [0.3, 0.4) is 0 Å². The van der Waals surface area contributed by atoms with Crippen LogP contribution in [0.1, 0.15) is 21.7 Å². The molecular formula is C20H18N4O6. The molecule has 0 aliphatic rings. The van der Waals surface area contributed by atoms with E-state index in [4.69, 9.17) is 9.47 Å². The molecule has 0 spiro atoms. The molecule has 0 fully saturated rings. The van der Waals surface area contributed by atoms with E-state index in [2.05, 4.69) is 15.3 Å². The zero-order valence-corrected chi connectivity index (χ0v) is 16.5. The number of carbonyl (C=O) groups excluding carboxylic acids is 2. The van der Waals surface area contributed by atoms with Gasteiger partial charge in [0.05, 0.1) is 45.7 Å². The summed E-state index contributed by atoms with van der Waals surface area (Å²) in [6.45, 7) is 3.08. The first-order chi connectivity index (χ1) is 14.3. The van der Waals surface area contributed by atoms with Crippen molar-refractivity contribution in [3.05, 3.63) is 63.5 Å². The molecule has 3 rings (SSSR count). The summed E-state index contributed by atoms with van der Waals surface area (Å²) in [5, 5.41) is 13.4. The number of fused-ring (bicyclic) bond motifs is 1. The number of anilines is 1. The third kappa shape index (κ3) is 4.49. The molecule has 1 heterocycles. The van der Waals surface area contributed by atoms with Gasteiger partial charge in [-0.1, -0.05) is 0 Å². The van der Waals surface area contributed by atoms with E-state index < -0.39 is 23.4 Å². The fraction of sp³-hybridized carbons (Fsp3) is 0.200. The van der Waals surface area contributed by atoms with E-state index in [9.17, 15) is 19.7 Å². The number of non-ortho nitro benzene ring substituents is 1. The van der Waals surface area contributed by atoms with Crippen molar-refractivity contribution in [2.24, 2.45) is 0 Å². The molecule has 0 saturated carbocycles. The maximum atomic E-state index is 12.3. The minimum absolute atomic E-state index is 0.0968. The maximum Gasteiger partial charge on any atom is 0.338 e. The van der Waals surface area contributed by atoms with E-state index in [0.29, 0.717) is 11.0 Å². The summed E-state index contributed by atoms with van der Waals surface area (Å²) < 4.78 is 10.1. The molecule has 1 N–H and O–H groups in total. The summed E-state index contributed by atoms with van der Waals surface area (Å²) in [5.74, 6) is -1.15. The van der Waals surface area contributed by atoms with E-state index in [1.54, 1.807) is 12.1 Å². The number of nitro groups is 1. The van der Waals surface area contributed by atoms with Gasteiger partial charge in [-0.15, -0.1) is 0 Å². The van der Waals surface area contributed by atoms with Crippen LogP contribution in [0.4, 0.5) is 11.4 Å². The lowest BCUT2D eigenvalue weighted by molar-refractivity contribution is -0.384. The van der Waals surface area contributed by atoms with Crippen molar-refractivity contribution in [1.29, 1.82) is 0 Å². The van der Waals surface area contributed by atoms with Crippen LogP contribution in [0.25, 0.3) is 11.0 Å². The van der Waals surface area contributed by atoms with Crippen LogP contribution < -0.4 is 10.1 Å². The lowest BCUT2D eigenvalue weighted by Gasteiger charge is -2.10. The second kappa shape index (κ2) is 8.52. The number of esters is 1. The molecule has 3 aromatic rings. The van der Waals surface area contributed by atoms with E-state index in [-0.39, 0.29) is 22.7 Å². The number of amides is 1. The molecule has 0 aliphatic carbocycles. The van der Waals surface area contributed by atoms with Crippen molar-refractivity contribution in [3.8, 4) is 5.75 Å². The Hall–Kier alpha value is -4.08. The molecule has 0 atom stereocenters. The van der Waals surface area contributed by atoms with Crippen LogP contribution in [-0.4, -0.2) is 40.5 Å². The Morgan fingerprint density at radius 1 is 1.07 bits per heavy atom. The monoisotopic (exact) mass is 410 g/mol. The van der Waals surface area contributed by atoms with Gasteiger partial charge in [-0.05, 0) is 38.1 Å². The third-order valence-corrected chi connectivity index (χ3v) is 4.31. The van der Waals surface area contributed by atoms with Crippen LogP contribution in [0.15, 0.2) is 36.4 Å². The highest BCUT2D eigenvalue weighted by Crippen LogP contribution is 2.28. The Labute approximate surface area is 171 Å². The molecule has 1 amide bonds. The van der Waals surface area contributed by atoms with E-state index in [0.717, 1.165) is 17.5 Å². The summed E-state index contributed by atoms with van der Waals surface area (Å²) in [5.41, 5.74) is 2.83. The fourth-order valence-electron chi connectivity index (χ4n) is 2.67. The van der Waals surface area contributed by atoms with Gasteiger partial charge in [0.2, 0.25) is 0 Å². The Kier molecular flexibility index (Phi) is 5.86. The molecule has 10 nitrogen and oxygen atoms in total. The van der Waals surface area contributed by atoms with Crippen molar-refractivity contribution in [2.75, 3.05) is 19.0 Å². The molecule has 0 saturated heterocycles. The predicted octanol–water partition coefficient (Wildman–Crippen LogP) is 2.96. The number of hydrogen-bond acceptors (Lipinski definition) is 8. The zero-order chi connectivity index (χ0) is 21.8. The molecule has 30 heavy (non-hydrogen) atoms. The first kappa shape index (κ1) is 20.6. The number of benzene rings is 2. The summed E-state index contributed by atoms with van der Waals surface area (Å²) in [6, 6.07) is 8.50. The smallest absolute Gasteiger partial charge is 0.338 e. The summed E-state index contributed by atoms with van der Waals surface area (Å²) >= 11 is 0. The average Bonchev–Trinajstić information content (AvgIpc) is 2.72. The Morgan fingerprint density at radius 3 is 2.43 bits per heavy atom. The first-order valence-electron chi connectivity index (χ1n) is 8.83. The third-order valence-electron chi connectivity index (χ3n) is 4.31. The Balaban J connectivity index is 1.68. The van der Waals surface area contributed by atoms with Crippen LogP contribution in [0.5, 0.6) is 5.75 Å². The fourth-order valence-corrected chi connectivity index (χ4v) is 2.67. The zero-order valence-electron chi connectivity index (χ0n) is 16.5. The van der Waals surface area contributed by atoms with E-state index in [1.165, 1.54) is 25.3 Å². The Bertz CT molecular complexity index is 1160. The molecule has 0 bridgehead atoms. The molecule has 0 aliphatic heterocycles. The summed E-state index contributed by atoms with van der Waals surface area (Å²) in [6.07, 6.45) is 0. The van der Waals surface area contributed by atoms with Gasteiger partial charge in [-0.25, -0.2) is 14.8 Å². The number of aromatic nitrogens is 2. The maximum absolute atomic E-state index is 12.3. The van der Waals surface area contributed by atoms with Gasteiger partial charge in [0, 0.05) is 12.1 Å². The summed E-state index contributed by atoms with van der Waals surface area (Å²) in [7, 11) is 1.36. The lowest BCUT2D eigenvalue weighted by Crippen LogP contribution is -2.21. The number of nitrogens with one attached hydrogen (secondary N) is 1. The number of hydrogen-bond donors (Lipinski definition) is 1. The standard InChI is InChI=1S/C20H18N4O6/c1-11-12(2)22-16-8-13(4-6-15(16)21-11)20(26)30-10-19(25)23-17-9-14(24(27)28)5-7-18(17)29-3/h4-9H,10H2,1-3H3,(H,23,25). The van der Waals surface area contributed by atoms with Crippen LogP contribution in [-0.2, 0) is 9.53 Å². The number of carbonyl (C=O) groups is 2. The highest BCUT2D eigenvalue weighted by Gasteiger charge is 2.16. The normalized spacial score (nSPS) is 10.5. The molecule has 0 unspecified atom stereocenters. The molecule has 0 radical (unpaired) electrons. The second-order valence-corrected chi connectivity index (χ2v) is 6.36. The van der Waals surface area contributed by atoms with Crippen LogP contribution >= 0.6 is 0 Å². The lowest BCUT2D eigenvalue weighted by atomic mass is 10.2. The summed E-state index contributed by atoms with van der Waals surface area (Å²) in [4.78, 5) is 43.6. The van der Waals surface area contributed by atoms with Gasteiger partial charge in [0.25, 0.3) is 11.6 Å². The van der Waals surface area contributed by atoms with Gasteiger partial charge < -0.3 is 14.8 Å². The van der Waals surface area contributed by atoms with Gasteiger partial charge >= 0.3 is 5.97 Å². The first-order valence-corrected chi connectivity index (χ1v) is 8.83. The minimum Gasteiger partial charge on any atom is -0.495 e. The van der Waals surface area contributed by atoms with Crippen molar-refractivity contribution < 1.29 is 24.0 Å². The number of methoxy groups -OCH3 is 1. The van der Waals surface area contributed by atoms with Gasteiger partial charge in [-0.3, -0.25) is 14.9 Å². The molecule has 1 aromatic heterocycles. The Morgan fingerprint density at radius 2 is 1.77 bits per heavy atom. The molecular weight excluding hydrogens is 392 g/mol. The number of aryl methyl sites for hydroxylation is 2. The number of ether oxygens (including phenoxy) is 2. The largest absolute Gasteiger partial charge is 0.495 e. The van der Waals surface area contributed by atoms with Crippen LogP contribution in [0, 0.1) is 24.0 Å². The second-order valence-electron chi connectivity index (χ2n) is 6.36. The van der Waals surface area contributed by atoms with Gasteiger partial charge in [-0.2, -0.15) is 0 Å². The molecule has 2 aromatic carbocycles. The highest BCUT2D eigenvalue weighted by molar-refractivity contribution is 5.97. The highest BCUT2D eigenvalue weighted by atomic mass is 16.6. The van der Waals surface area contributed by atoms with E-state index >= 15 is 0 Å². The van der Waals surface area contributed by atoms with Crippen molar-refractivity contribution in [3.63, 3.8) is 0 Å². The SMILES string of the molecule is COc1ccc([N+](=O)[O-])cc1NC(=O)COC(=O)c1ccc2nc(C)c(C)nc2c1. The van der Waals surface area contributed by atoms with Crippen LogP contribution in [0.2, 0.25) is 0 Å². The van der Waals surface area contributed by atoms with Gasteiger partial charge in [0.15, 0.2) is 6.61 Å².